The van der Waals surface area contributed by atoms with Crippen LogP contribution in [0.2, 0.25) is 0 Å². The van der Waals surface area contributed by atoms with E-state index in [0.29, 0.717) is 5.82 Å². The first kappa shape index (κ1) is 34.1. The monoisotopic (exact) mass is 643 g/mol. The number of benzene rings is 3. The highest BCUT2D eigenvalue weighted by atomic mass is 19.4. The number of alkyl halides is 3. The molecule has 0 saturated carbocycles. The maximum absolute atomic E-state index is 15.0. The average molecular weight is 644 g/mol. The van der Waals surface area contributed by atoms with Crippen LogP contribution in [0.3, 0.4) is 0 Å². The second-order valence-corrected chi connectivity index (χ2v) is 11.8. The minimum Gasteiger partial charge on any atom is -0.419 e. The van der Waals surface area contributed by atoms with Crippen LogP contribution in [0.1, 0.15) is 55.0 Å². The lowest BCUT2D eigenvalue weighted by atomic mass is 9.84. The van der Waals surface area contributed by atoms with Crippen molar-refractivity contribution < 1.29 is 36.3 Å². The number of hydrogen-bond acceptors (Lipinski definition) is 6. The third kappa shape index (κ3) is 7.89. The number of halogens is 5. The van der Waals surface area contributed by atoms with Gasteiger partial charge in [-0.3, -0.25) is 4.79 Å². The zero-order valence-corrected chi connectivity index (χ0v) is 25.4. The molecule has 0 unspecified atom stereocenters. The fourth-order valence-electron chi connectivity index (χ4n) is 5.09. The molecule has 4 rings (SSSR count). The molecule has 0 radical (unpaired) electrons. The number of nitrogens with zero attached hydrogens (tertiary/aromatic N) is 3. The summed E-state index contributed by atoms with van der Waals surface area (Å²) < 4.78 is 75.0. The predicted molar refractivity (Wildman–Crippen MR) is 163 cm³/mol. The molecule has 0 spiro atoms. The second-order valence-electron chi connectivity index (χ2n) is 11.8. The summed E-state index contributed by atoms with van der Waals surface area (Å²) in [6.45, 7) is 5.92. The van der Waals surface area contributed by atoms with E-state index in [9.17, 15) is 31.5 Å². The number of aromatic nitrogens is 2. The molecule has 0 aliphatic heterocycles. The van der Waals surface area contributed by atoms with E-state index < -0.39 is 46.9 Å². The molecule has 4 aromatic rings. The van der Waals surface area contributed by atoms with Crippen molar-refractivity contribution in [2.45, 2.75) is 46.0 Å². The Labute approximate surface area is 262 Å². The molecule has 1 atom stereocenters. The van der Waals surface area contributed by atoms with Gasteiger partial charge in [0.15, 0.2) is 0 Å². The maximum Gasteiger partial charge on any atom is 0.491 e. The Hall–Kier alpha value is -4.78. The number of amides is 1. The quantitative estimate of drug-likeness (QED) is 0.0882. The highest BCUT2D eigenvalue weighted by Crippen LogP contribution is 2.41. The van der Waals surface area contributed by atoms with Gasteiger partial charge in [-0.05, 0) is 54.3 Å². The van der Waals surface area contributed by atoms with Crippen molar-refractivity contribution in [3.05, 3.63) is 102 Å². The third-order valence-corrected chi connectivity index (χ3v) is 7.12. The first-order valence-corrected chi connectivity index (χ1v) is 14.4. The fourth-order valence-corrected chi connectivity index (χ4v) is 5.09. The lowest BCUT2D eigenvalue weighted by molar-refractivity contribution is -0.189. The van der Waals surface area contributed by atoms with Crippen LogP contribution in [-0.2, 0) is 11.3 Å². The number of nitrogens with two attached hydrogens (primary N) is 2. The predicted octanol–water partition coefficient (Wildman–Crippen LogP) is 6.50. The summed E-state index contributed by atoms with van der Waals surface area (Å²) in [6, 6.07) is 14.8. The van der Waals surface area contributed by atoms with Gasteiger partial charge in [-0.25, -0.2) is 18.6 Å². The number of rotatable bonds is 10. The molecular formula is C33H34F5N5O3. The van der Waals surface area contributed by atoms with Gasteiger partial charge in [0.25, 0.3) is 5.91 Å². The van der Waals surface area contributed by atoms with Crippen molar-refractivity contribution >= 4 is 17.6 Å². The third-order valence-electron chi connectivity index (χ3n) is 7.12. The van der Waals surface area contributed by atoms with E-state index in [1.54, 1.807) is 10.8 Å². The number of anilines is 1. The Morgan fingerprint density at radius 3 is 2.33 bits per heavy atom. The minimum atomic E-state index is -5.33. The normalized spacial score (nSPS) is 12.5. The number of hydrogen-bond donors (Lipinski definition) is 2. The van der Waals surface area contributed by atoms with E-state index in [1.807, 2.05) is 51.1 Å². The number of nitrogen functional groups attached to an aromatic ring is 1. The summed E-state index contributed by atoms with van der Waals surface area (Å²) in [6.07, 6.45) is -3.48. The highest BCUT2D eigenvalue weighted by molar-refractivity contribution is 5.98. The van der Waals surface area contributed by atoms with E-state index in [2.05, 4.69) is 4.74 Å². The van der Waals surface area contributed by atoms with Crippen molar-refractivity contribution in [2.24, 2.45) is 11.1 Å². The van der Waals surface area contributed by atoms with Crippen LogP contribution in [0.15, 0.2) is 72.9 Å². The van der Waals surface area contributed by atoms with Crippen LogP contribution in [0.25, 0.3) is 11.3 Å². The lowest BCUT2D eigenvalue weighted by Gasteiger charge is -2.40. The molecule has 0 fully saturated rings. The van der Waals surface area contributed by atoms with E-state index >= 15 is 0 Å². The SMILES string of the molecule is CC(C)(C)[C@H](c1nc(-c2cc(F)ccc2F)cn1Cc1ccccc1)N(CCCN)C(=O)c1ccc(N)cc1OC(=O)C(F)(F)F. The van der Waals surface area contributed by atoms with Crippen molar-refractivity contribution in [3.63, 3.8) is 0 Å². The van der Waals surface area contributed by atoms with Crippen LogP contribution < -0.4 is 16.2 Å². The van der Waals surface area contributed by atoms with Crippen LogP contribution in [-0.4, -0.2) is 45.6 Å². The van der Waals surface area contributed by atoms with Crippen LogP contribution >= 0.6 is 0 Å². The van der Waals surface area contributed by atoms with Gasteiger partial charge < -0.3 is 25.7 Å². The highest BCUT2D eigenvalue weighted by Gasteiger charge is 2.43. The van der Waals surface area contributed by atoms with Crippen LogP contribution in [0, 0.1) is 17.0 Å². The standard InChI is InChI=1S/C33H34F5N5O3/c1-32(2,3)28(43(15-7-14-39)30(44)23-12-11-22(40)17-27(23)46-31(45)33(36,37)38)29-41-26(24-16-21(34)10-13-25(24)35)19-42(29)18-20-8-5-4-6-9-20/h4-6,8-13,16-17,19,28H,7,14-15,18,39-40H2,1-3H3/t28-/m0/s1. The molecule has 13 heteroatoms. The molecule has 3 aromatic carbocycles. The Kier molecular flexibility index (Phi) is 10.1. The molecule has 0 saturated heterocycles. The molecule has 46 heavy (non-hydrogen) atoms. The lowest BCUT2D eigenvalue weighted by Crippen LogP contribution is -2.43. The molecule has 0 aliphatic rings. The largest absolute Gasteiger partial charge is 0.491 e. The Balaban J connectivity index is 1.91. The van der Waals surface area contributed by atoms with E-state index in [0.717, 1.165) is 29.8 Å². The molecule has 8 nitrogen and oxygen atoms in total. The summed E-state index contributed by atoms with van der Waals surface area (Å²) in [4.78, 5) is 32.3. The minimum absolute atomic E-state index is 0.0240. The van der Waals surface area contributed by atoms with Gasteiger partial charge in [0, 0.05) is 36.6 Å². The topological polar surface area (TPSA) is 116 Å². The molecule has 4 N–H and O–H groups in total. The van der Waals surface area contributed by atoms with Gasteiger partial charge in [-0.1, -0.05) is 51.1 Å². The number of carbonyl (C=O) groups excluding carboxylic acids is 2. The molecule has 1 heterocycles. The van der Waals surface area contributed by atoms with Crippen molar-refractivity contribution in [2.75, 3.05) is 18.8 Å². The van der Waals surface area contributed by atoms with E-state index in [-0.39, 0.29) is 48.6 Å². The van der Waals surface area contributed by atoms with Gasteiger partial charge in [0.1, 0.15) is 23.2 Å². The molecule has 1 aromatic heterocycles. The van der Waals surface area contributed by atoms with E-state index in [1.165, 1.54) is 17.0 Å². The fraction of sp³-hybridized carbons (Fsp3) is 0.303. The average Bonchev–Trinajstić information content (AvgIpc) is 3.37. The molecule has 244 valence electrons. The number of ether oxygens (including phenoxy) is 1. The molecule has 0 aliphatic carbocycles. The molecule has 1 amide bonds. The Morgan fingerprint density at radius 2 is 1.70 bits per heavy atom. The van der Waals surface area contributed by atoms with Crippen LogP contribution in [0.4, 0.5) is 27.6 Å². The first-order valence-electron chi connectivity index (χ1n) is 14.4. The van der Waals surface area contributed by atoms with Crippen molar-refractivity contribution in [3.8, 4) is 17.0 Å². The van der Waals surface area contributed by atoms with Gasteiger partial charge in [0.05, 0.1) is 17.3 Å². The van der Waals surface area contributed by atoms with Crippen molar-refractivity contribution in [1.29, 1.82) is 0 Å². The molecular weight excluding hydrogens is 609 g/mol. The summed E-state index contributed by atoms with van der Waals surface area (Å²) >= 11 is 0. The van der Waals surface area contributed by atoms with Gasteiger partial charge in [-0.15, -0.1) is 0 Å². The second kappa shape index (κ2) is 13.7. The smallest absolute Gasteiger partial charge is 0.419 e. The number of carbonyl (C=O) groups is 2. The summed E-state index contributed by atoms with van der Waals surface area (Å²) in [7, 11) is 0. The first-order chi connectivity index (χ1) is 21.6. The van der Waals surface area contributed by atoms with Gasteiger partial charge in [-0.2, -0.15) is 13.2 Å². The van der Waals surface area contributed by atoms with Gasteiger partial charge >= 0.3 is 12.1 Å². The zero-order valence-electron chi connectivity index (χ0n) is 25.4. The Bertz CT molecular complexity index is 1700. The van der Waals surface area contributed by atoms with Gasteiger partial charge in [0.2, 0.25) is 0 Å². The van der Waals surface area contributed by atoms with Crippen molar-refractivity contribution in [1.82, 2.24) is 14.5 Å². The summed E-state index contributed by atoms with van der Waals surface area (Å²) in [5.74, 6) is -5.07. The van der Waals surface area contributed by atoms with E-state index in [4.69, 9.17) is 16.5 Å². The summed E-state index contributed by atoms with van der Waals surface area (Å²) in [5, 5.41) is 0. The Morgan fingerprint density at radius 1 is 1.00 bits per heavy atom. The summed E-state index contributed by atoms with van der Waals surface area (Å²) in [5.41, 5.74) is 11.3. The van der Waals surface area contributed by atoms with Crippen LogP contribution in [0.5, 0.6) is 5.75 Å². The maximum atomic E-state index is 15.0. The number of esters is 1. The number of imidazole rings is 1. The molecule has 0 bridgehead atoms. The zero-order chi connectivity index (χ0) is 33.8.